The van der Waals surface area contributed by atoms with Gasteiger partial charge >= 0.3 is 5.97 Å². The summed E-state index contributed by atoms with van der Waals surface area (Å²) in [6, 6.07) is 0. The van der Waals surface area contributed by atoms with Crippen LogP contribution in [0.25, 0.3) is 0 Å². The summed E-state index contributed by atoms with van der Waals surface area (Å²) >= 11 is 0. The van der Waals surface area contributed by atoms with Crippen molar-refractivity contribution in [2.24, 2.45) is 0 Å². The van der Waals surface area contributed by atoms with Crippen molar-refractivity contribution in [2.45, 2.75) is 32.8 Å². The zero-order valence-electron chi connectivity index (χ0n) is 7.67. The van der Waals surface area contributed by atoms with E-state index in [1.807, 2.05) is 0 Å². The molecule has 0 aromatic rings. The highest BCUT2D eigenvalue weighted by Crippen LogP contribution is 2.03. The van der Waals surface area contributed by atoms with Crippen LogP contribution in [0.4, 0.5) is 0 Å². The predicted molar refractivity (Wildman–Crippen MR) is 46.7 cm³/mol. The average molecular weight is 172 g/mol. The fraction of sp³-hybridized carbons (Fsp3) is 0.667. The number of ether oxygens (including phenoxy) is 1. The third-order valence-electron chi connectivity index (χ3n) is 1.43. The minimum absolute atomic E-state index is 0.134. The van der Waals surface area contributed by atoms with Gasteiger partial charge in [0.05, 0.1) is 6.10 Å². The van der Waals surface area contributed by atoms with Gasteiger partial charge in [-0.1, -0.05) is 6.58 Å². The second kappa shape index (κ2) is 5.77. The molecule has 0 aromatic carbocycles. The van der Waals surface area contributed by atoms with E-state index in [9.17, 15) is 4.79 Å². The van der Waals surface area contributed by atoms with Crippen LogP contribution in [0.15, 0.2) is 12.2 Å². The summed E-state index contributed by atoms with van der Waals surface area (Å²) in [4.78, 5) is 10.9. The van der Waals surface area contributed by atoms with Gasteiger partial charge in [0.25, 0.3) is 0 Å². The quantitative estimate of drug-likeness (QED) is 0.501. The fourth-order valence-corrected chi connectivity index (χ4v) is 0.721. The van der Waals surface area contributed by atoms with E-state index >= 15 is 0 Å². The normalized spacial score (nSPS) is 12.2. The van der Waals surface area contributed by atoms with Gasteiger partial charge < -0.3 is 9.84 Å². The van der Waals surface area contributed by atoms with Crippen molar-refractivity contribution in [3.8, 4) is 0 Å². The lowest BCUT2D eigenvalue weighted by molar-refractivity contribution is -0.143. The average Bonchev–Trinajstić information content (AvgIpc) is 2.00. The van der Waals surface area contributed by atoms with E-state index in [1.165, 1.54) is 0 Å². The standard InChI is InChI=1S/C9H16O3/c1-7(2)9(11)12-8(3)5-4-6-10/h8,10H,1,4-6H2,2-3H3/t8-/m0/s1. The Morgan fingerprint density at radius 2 is 2.25 bits per heavy atom. The maximum Gasteiger partial charge on any atom is 0.333 e. The van der Waals surface area contributed by atoms with Crippen LogP contribution in [0.1, 0.15) is 26.7 Å². The lowest BCUT2D eigenvalue weighted by Crippen LogP contribution is -2.15. The van der Waals surface area contributed by atoms with Crippen molar-refractivity contribution in [1.82, 2.24) is 0 Å². The van der Waals surface area contributed by atoms with Gasteiger partial charge in [-0.05, 0) is 26.7 Å². The lowest BCUT2D eigenvalue weighted by atomic mass is 10.2. The molecule has 70 valence electrons. The first-order valence-corrected chi connectivity index (χ1v) is 4.05. The Morgan fingerprint density at radius 1 is 1.67 bits per heavy atom. The number of carbonyl (C=O) groups excluding carboxylic acids is 1. The number of carbonyl (C=O) groups is 1. The fourth-order valence-electron chi connectivity index (χ4n) is 0.721. The molecule has 12 heavy (non-hydrogen) atoms. The van der Waals surface area contributed by atoms with E-state index < -0.39 is 0 Å². The lowest BCUT2D eigenvalue weighted by Gasteiger charge is -2.11. The largest absolute Gasteiger partial charge is 0.459 e. The SMILES string of the molecule is C=C(C)C(=O)O[C@@H](C)CCCO. The van der Waals surface area contributed by atoms with Crippen molar-refractivity contribution < 1.29 is 14.6 Å². The van der Waals surface area contributed by atoms with Gasteiger partial charge in [0, 0.05) is 12.2 Å². The van der Waals surface area contributed by atoms with Gasteiger partial charge in [-0.15, -0.1) is 0 Å². The molecule has 0 unspecified atom stereocenters. The predicted octanol–water partition coefficient (Wildman–Crippen LogP) is 1.27. The number of aliphatic hydroxyl groups excluding tert-OH is 1. The van der Waals surface area contributed by atoms with E-state index in [0.29, 0.717) is 18.4 Å². The molecule has 0 amide bonds. The molecule has 0 aromatic heterocycles. The Labute approximate surface area is 73.0 Å². The van der Waals surface area contributed by atoms with Crippen LogP contribution in [0, 0.1) is 0 Å². The zero-order chi connectivity index (χ0) is 9.56. The van der Waals surface area contributed by atoms with E-state index in [1.54, 1.807) is 13.8 Å². The highest BCUT2D eigenvalue weighted by molar-refractivity contribution is 5.87. The van der Waals surface area contributed by atoms with Crippen molar-refractivity contribution in [2.75, 3.05) is 6.61 Å². The summed E-state index contributed by atoms with van der Waals surface area (Å²) in [5, 5.41) is 8.50. The molecule has 3 nitrogen and oxygen atoms in total. The number of aliphatic hydroxyl groups is 1. The van der Waals surface area contributed by atoms with Crippen molar-refractivity contribution in [1.29, 1.82) is 0 Å². The Kier molecular flexibility index (Phi) is 5.37. The van der Waals surface area contributed by atoms with Crippen molar-refractivity contribution in [3.63, 3.8) is 0 Å². The number of hydrogen-bond donors (Lipinski definition) is 1. The van der Waals surface area contributed by atoms with Gasteiger partial charge in [0.2, 0.25) is 0 Å². The summed E-state index contributed by atoms with van der Waals surface area (Å²) in [5.41, 5.74) is 0.408. The van der Waals surface area contributed by atoms with Crippen molar-refractivity contribution >= 4 is 5.97 Å². The molecule has 3 heteroatoms. The Hall–Kier alpha value is -0.830. The summed E-state index contributed by atoms with van der Waals surface area (Å²) in [6.45, 7) is 7.01. The van der Waals surface area contributed by atoms with Crippen LogP contribution in [-0.4, -0.2) is 23.8 Å². The first-order chi connectivity index (χ1) is 5.57. The molecular weight excluding hydrogens is 156 g/mol. The number of esters is 1. The van der Waals surface area contributed by atoms with Crippen molar-refractivity contribution in [3.05, 3.63) is 12.2 Å². The van der Waals surface area contributed by atoms with Gasteiger partial charge in [-0.25, -0.2) is 4.79 Å². The van der Waals surface area contributed by atoms with E-state index in [-0.39, 0.29) is 18.7 Å². The number of hydrogen-bond acceptors (Lipinski definition) is 3. The van der Waals surface area contributed by atoms with Crippen LogP contribution < -0.4 is 0 Å². The molecule has 0 bridgehead atoms. The molecule has 1 atom stereocenters. The second-order valence-corrected chi connectivity index (χ2v) is 2.86. The minimum atomic E-state index is -0.361. The molecule has 0 rings (SSSR count). The van der Waals surface area contributed by atoms with Gasteiger partial charge in [0.15, 0.2) is 0 Å². The van der Waals surface area contributed by atoms with Gasteiger partial charge in [-0.3, -0.25) is 0 Å². The van der Waals surface area contributed by atoms with E-state index in [4.69, 9.17) is 9.84 Å². The molecule has 0 aliphatic carbocycles. The Balaban J connectivity index is 3.61. The zero-order valence-corrected chi connectivity index (χ0v) is 7.67. The minimum Gasteiger partial charge on any atom is -0.459 e. The maximum absolute atomic E-state index is 10.9. The third-order valence-corrected chi connectivity index (χ3v) is 1.43. The maximum atomic E-state index is 10.9. The Morgan fingerprint density at radius 3 is 2.67 bits per heavy atom. The van der Waals surface area contributed by atoms with Gasteiger partial charge in [-0.2, -0.15) is 0 Å². The summed E-state index contributed by atoms with van der Waals surface area (Å²) < 4.78 is 4.96. The molecule has 0 saturated carbocycles. The highest BCUT2D eigenvalue weighted by atomic mass is 16.5. The van der Waals surface area contributed by atoms with Crippen LogP contribution >= 0.6 is 0 Å². The molecule has 0 aliphatic heterocycles. The molecule has 0 radical (unpaired) electrons. The molecule has 1 N–H and O–H groups in total. The summed E-state index contributed by atoms with van der Waals surface area (Å²) in [5.74, 6) is -0.361. The molecule has 0 spiro atoms. The molecular formula is C9H16O3. The first kappa shape index (κ1) is 11.2. The van der Waals surface area contributed by atoms with E-state index in [2.05, 4.69) is 6.58 Å². The topological polar surface area (TPSA) is 46.5 Å². The molecule has 0 saturated heterocycles. The number of rotatable bonds is 5. The third kappa shape index (κ3) is 4.91. The van der Waals surface area contributed by atoms with Crippen LogP contribution in [0.3, 0.4) is 0 Å². The molecule has 0 aliphatic rings. The summed E-state index contributed by atoms with van der Waals surface area (Å²) in [7, 11) is 0. The second-order valence-electron chi connectivity index (χ2n) is 2.86. The summed E-state index contributed by atoms with van der Waals surface area (Å²) in [6.07, 6.45) is 1.21. The highest BCUT2D eigenvalue weighted by Gasteiger charge is 2.08. The van der Waals surface area contributed by atoms with E-state index in [0.717, 1.165) is 0 Å². The van der Waals surface area contributed by atoms with Crippen LogP contribution in [0.5, 0.6) is 0 Å². The molecule has 0 heterocycles. The smallest absolute Gasteiger partial charge is 0.333 e. The molecule has 0 fully saturated rings. The van der Waals surface area contributed by atoms with Crippen LogP contribution in [-0.2, 0) is 9.53 Å². The first-order valence-electron chi connectivity index (χ1n) is 4.05. The Bertz CT molecular complexity index is 163. The monoisotopic (exact) mass is 172 g/mol. The van der Waals surface area contributed by atoms with Gasteiger partial charge in [0.1, 0.15) is 0 Å². The van der Waals surface area contributed by atoms with Crippen LogP contribution in [0.2, 0.25) is 0 Å².